The molecule has 0 saturated carbocycles. The molecule has 0 aliphatic heterocycles. The molecule has 0 radical (unpaired) electrons. The third-order valence-corrected chi connectivity index (χ3v) is 6.19. The van der Waals surface area contributed by atoms with Gasteiger partial charge in [-0.2, -0.15) is 0 Å². The van der Waals surface area contributed by atoms with E-state index in [2.05, 4.69) is 23.2 Å². The minimum atomic E-state index is -0.120. The standard InChI is InChI=1S/C25H23NO4S/c1-28-21-13-18-20(27)14-19(26-23(18)25(30-3)24(21)29-2)17-11-7-8-12-22(17)31-15-16-9-5-4-6-10-16/h4-14H,15H2,1-3H3,(H,26,27). The fourth-order valence-corrected chi connectivity index (χ4v) is 4.57. The second-order valence-electron chi connectivity index (χ2n) is 6.89. The highest BCUT2D eigenvalue weighted by Gasteiger charge is 2.19. The number of H-pyrrole nitrogens is 1. The van der Waals surface area contributed by atoms with Gasteiger partial charge in [0.15, 0.2) is 16.9 Å². The third-order valence-electron chi connectivity index (χ3n) is 5.04. The first-order chi connectivity index (χ1) is 15.2. The Kier molecular flexibility index (Phi) is 6.18. The Balaban J connectivity index is 1.83. The summed E-state index contributed by atoms with van der Waals surface area (Å²) in [6.45, 7) is 0. The second-order valence-corrected chi connectivity index (χ2v) is 7.90. The molecule has 4 rings (SSSR count). The number of nitrogens with one attached hydrogen (secondary N) is 1. The summed E-state index contributed by atoms with van der Waals surface area (Å²) < 4.78 is 16.5. The minimum absolute atomic E-state index is 0.120. The van der Waals surface area contributed by atoms with Crippen LogP contribution in [0.4, 0.5) is 0 Å². The van der Waals surface area contributed by atoms with Gasteiger partial charge < -0.3 is 19.2 Å². The smallest absolute Gasteiger partial charge is 0.205 e. The molecule has 5 nitrogen and oxygen atoms in total. The summed E-state index contributed by atoms with van der Waals surface area (Å²) in [6, 6.07) is 21.7. The molecule has 1 N–H and O–H groups in total. The fraction of sp³-hybridized carbons (Fsp3) is 0.160. The van der Waals surface area contributed by atoms with E-state index >= 15 is 0 Å². The maximum absolute atomic E-state index is 13.0. The van der Waals surface area contributed by atoms with Gasteiger partial charge in [0, 0.05) is 22.3 Å². The van der Waals surface area contributed by atoms with Gasteiger partial charge in [0.2, 0.25) is 5.75 Å². The van der Waals surface area contributed by atoms with Crippen molar-refractivity contribution < 1.29 is 14.2 Å². The summed E-state index contributed by atoms with van der Waals surface area (Å²) in [6.07, 6.45) is 0. The first kappa shape index (κ1) is 20.9. The molecule has 158 valence electrons. The Morgan fingerprint density at radius 3 is 2.26 bits per heavy atom. The molecule has 0 fully saturated rings. The molecular formula is C25H23NO4S. The lowest BCUT2D eigenvalue weighted by Crippen LogP contribution is -2.06. The topological polar surface area (TPSA) is 60.6 Å². The van der Waals surface area contributed by atoms with Crippen molar-refractivity contribution in [1.29, 1.82) is 0 Å². The van der Waals surface area contributed by atoms with Crippen LogP contribution in [0.25, 0.3) is 22.2 Å². The van der Waals surface area contributed by atoms with Crippen LogP contribution < -0.4 is 19.6 Å². The van der Waals surface area contributed by atoms with Gasteiger partial charge in [0.25, 0.3) is 0 Å². The van der Waals surface area contributed by atoms with Crippen LogP contribution in [0, 0.1) is 0 Å². The highest BCUT2D eigenvalue weighted by molar-refractivity contribution is 7.98. The van der Waals surface area contributed by atoms with E-state index in [-0.39, 0.29) is 5.43 Å². The molecule has 1 aromatic heterocycles. The van der Waals surface area contributed by atoms with Crippen LogP contribution in [-0.2, 0) is 5.75 Å². The molecule has 0 aliphatic carbocycles. The van der Waals surface area contributed by atoms with Crippen LogP contribution >= 0.6 is 11.8 Å². The maximum atomic E-state index is 13.0. The number of ether oxygens (including phenoxy) is 3. The molecule has 0 aliphatic rings. The van der Waals surface area contributed by atoms with Crippen LogP contribution in [-0.4, -0.2) is 26.3 Å². The Bertz CT molecular complexity index is 1270. The SMILES string of the molecule is COc1cc2c(=O)cc(-c3ccccc3SCc3ccccc3)[nH]c2c(OC)c1OC. The molecule has 3 aromatic carbocycles. The second kappa shape index (κ2) is 9.18. The van der Waals surface area contributed by atoms with Gasteiger partial charge in [0.1, 0.15) is 0 Å². The van der Waals surface area contributed by atoms with Gasteiger partial charge >= 0.3 is 0 Å². The first-order valence-electron chi connectivity index (χ1n) is 9.78. The summed E-state index contributed by atoms with van der Waals surface area (Å²) in [4.78, 5) is 17.5. The molecule has 0 bridgehead atoms. The molecule has 6 heteroatoms. The van der Waals surface area contributed by atoms with Gasteiger partial charge in [-0.15, -0.1) is 11.8 Å². The molecule has 31 heavy (non-hydrogen) atoms. The number of aromatic amines is 1. The third kappa shape index (κ3) is 4.11. The molecule has 1 heterocycles. The van der Waals surface area contributed by atoms with Gasteiger partial charge in [-0.3, -0.25) is 4.79 Å². The Labute approximate surface area is 185 Å². The van der Waals surface area contributed by atoms with E-state index in [0.717, 1.165) is 21.9 Å². The Hall–Kier alpha value is -3.38. The van der Waals surface area contributed by atoms with E-state index in [9.17, 15) is 4.79 Å². The Morgan fingerprint density at radius 2 is 1.55 bits per heavy atom. The van der Waals surface area contributed by atoms with E-state index < -0.39 is 0 Å². The van der Waals surface area contributed by atoms with Crippen molar-refractivity contribution in [1.82, 2.24) is 4.98 Å². The molecule has 0 atom stereocenters. The summed E-state index contributed by atoms with van der Waals surface area (Å²) in [7, 11) is 4.63. The fourth-order valence-electron chi connectivity index (χ4n) is 3.55. The van der Waals surface area contributed by atoms with E-state index in [1.165, 1.54) is 12.7 Å². The van der Waals surface area contributed by atoms with Gasteiger partial charge in [-0.25, -0.2) is 0 Å². The lowest BCUT2D eigenvalue weighted by Gasteiger charge is -2.16. The molecule has 0 unspecified atom stereocenters. The number of hydrogen-bond acceptors (Lipinski definition) is 5. The van der Waals surface area contributed by atoms with E-state index in [4.69, 9.17) is 14.2 Å². The summed E-state index contributed by atoms with van der Waals surface area (Å²) >= 11 is 1.73. The summed E-state index contributed by atoms with van der Waals surface area (Å²) in [5, 5.41) is 0.479. The van der Waals surface area contributed by atoms with Gasteiger partial charge in [-0.1, -0.05) is 48.5 Å². The van der Waals surface area contributed by atoms with E-state index in [0.29, 0.717) is 28.2 Å². The first-order valence-corrected chi connectivity index (χ1v) is 10.8. The maximum Gasteiger partial charge on any atom is 0.205 e. The number of rotatable bonds is 7. The average molecular weight is 434 g/mol. The number of pyridine rings is 1. The quantitative estimate of drug-likeness (QED) is 0.389. The lowest BCUT2D eigenvalue weighted by atomic mass is 10.1. The monoisotopic (exact) mass is 433 g/mol. The van der Waals surface area contributed by atoms with Crippen molar-refractivity contribution >= 4 is 22.7 Å². The molecule has 0 amide bonds. The van der Waals surface area contributed by atoms with Crippen molar-refractivity contribution in [3.8, 4) is 28.5 Å². The largest absolute Gasteiger partial charge is 0.493 e. The number of benzene rings is 3. The van der Waals surface area contributed by atoms with Crippen LogP contribution in [0.5, 0.6) is 17.2 Å². The van der Waals surface area contributed by atoms with Crippen LogP contribution in [0.3, 0.4) is 0 Å². The van der Waals surface area contributed by atoms with Crippen LogP contribution in [0.1, 0.15) is 5.56 Å². The van der Waals surface area contributed by atoms with Crippen molar-refractivity contribution in [2.24, 2.45) is 0 Å². The zero-order valence-electron chi connectivity index (χ0n) is 17.6. The lowest BCUT2D eigenvalue weighted by molar-refractivity contribution is 0.327. The van der Waals surface area contributed by atoms with Crippen molar-refractivity contribution in [3.63, 3.8) is 0 Å². The number of thioether (sulfide) groups is 1. The molecule has 0 saturated heterocycles. The minimum Gasteiger partial charge on any atom is -0.493 e. The predicted molar refractivity (Wildman–Crippen MR) is 126 cm³/mol. The predicted octanol–water partition coefficient (Wildman–Crippen LogP) is 5.51. The van der Waals surface area contributed by atoms with Gasteiger partial charge in [-0.05, 0) is 17.7 Å². The highest BCUT2D eigenvalue weighted by atomic mass is 32.2. The van der Waals surface area contributed by atoms with E-state index in [1.54, 1.807) is 38.1 Å². The number of fused-ring (bicyclic) bond motifs is 1. The van der Waals surface area contributed by atoms with Gasteiger partial charge in [0.05, 0.1) is 37.9 Å². The number of methoxy groups -OCH3 is 3. The average Bonchev–Trinajstić information content (AvgIpc) is 2.82. The molecular weight excluding hydrogens is 410 g/mol. The highest BCUT2D eigenvalue weighted by Crippen LogP contribution is 2.42. The van der Waals surface area contributed by atoms with Crippen LogP contribution in [0.2, 0.25) is 0 Å². The zero-order valence-corrected chi connectivity index (χ0v) is 18.4. The summed E-state index contributed by atoms with van der Waals surface area (Å²) in [5.74, 6) is 2.16. The van der Waals surface area contributed by atoms with Crippen molar-refractivity contribution in [2.45, 2.75) is 10.6 Å². The molecule has 0 spiro atoms. The van der Waals surface area contributed by atoms with Crippen molar-refractivity contribution in [2.75, 3.05) is 21.3 Å². The van der Waals surface area contributed by atoms with Crippen LogP contribution in [0.15, 0.2) is 76.4 Å². The number of hydrogen-bond donors (Lipinski definition) is 1. The normalized spacial score (nSPS) is 10.8. The number of aromatic nitrogens is 1. The van der Waals surface area contributed by atoms with E-state index in [1.807, 2.05) is 36.4 Å². The molecule has 4 aromatic rings. The zero-order chi connectivity index (χ0) is 21.8. The summed E-state index contributed by atoms with van der Waals surface area (Å²) in [5.41, 5.74) is 3.38. The van der Waals surface area contributed by atoms with Crippen molar-refractivity contribution in [3.05, 3.63) is 82.5 Å². The Morgan fingerprint density at radius 1 is 0.839 bits per heavy atom.